The Morgan fingerprint density at radius 3 is 1.54 bits per heavy atom. The molecule has 0 aromatic heterocycles. The van der Waals surface area contributed by atoms with E-state index in [1.165, 1.54) is 37.2 Å². The molecule has 3 aromatic carbocycles. The molecule has 1 N–H and O–H groups in total. The van der Waals surface area contributed by atoms with Gasteiger partial charge in [0.05, 0.1) is 0 Å². The van der Waals surface area contributed by atoms with Crippen molar-refractivity contribution in [3.05, 3.63) is 124 Å². The first-order valence-electron chi connectivity index (χ1n) is 12.2. The molecule has 0 heterocycles. The average molecular weight is 570 g/mol. The van der Waals surface area contributed by atoms with Crippen molar-refractivity contribution in [3.8, 4) is 5.75 Å². The average Bonchev–Trinajstić information content (AvgIpc) is 3.04. The van der Waals surface area contributed by atoms with E-state index in [1.54, 1.807) is 6.07 Å². The molecule has 0 aliphatic heterocycles. The number of benzene rings is 3. The molecule has 0 saturated heterocycles. The molecule has 3 aromatic rings. The number of hydrogen-bond donors (Lipinski definition) is 1. The first-order chi connectivity index (χ1) is 16.4. The van der Waals surface area contributed by atoms with Crippen LogP contribution in [-0.4, -0.2) is 8.92 Å². The Morgan fingerprint density at radius 2 is 1.24 bits per heavy atom. The van der Waals surface area contributed by atoms with Crippen LogP contribution in [0.4, 0.5) is 0 Å². The molecule has 1 aliphatic carbocycles. The molecule has 1 atom stereocenters. The van der Waals surface area contributed by atoms with Gasteiger partial charge in [0.15, 0.2) is 0 Å². The molecule has 197 valence electrons. The summed E-state index contributed by atoms with van der Waals surface area (Å²) in [7, 11) is 0. The predicted octanol–water partition coefficient (Wildman–Crippen LogP) is 2.53. The summed E-state index contributed by atoms with van der Waals surface area (Å²) in [6.07, 6.45) is 3.36. The van der Waals surface area contributed by atoms with Gasteiger partial charge in [0, 0.05) is 0 Å². The van der Waals surface area contributed by atoms with E-state index in [2.05, 4.69) is 129 Å². The summed E-state index contributed by atoms with van der Waals surface area (Å²) in [5.74, 6) is 0.921. The number of aryl methyl sites for hydroxylation is 1. The maximum absolute atomic E-state index is 9.36. The molecule has 0 spiro atoms. The molecule has 1 unspecified atom stereocenters. The van der Waals surface area contributed by atoms with Gasteiger partial charge in [-0.15, -0.1) is 6.92 Å². The third-order valence-electron chi connectivity index (χ3n) is 6.29. The molecule has 37 heavy (non-hydrogen) atoms. The molecule has 0 bridgehead atoms. The summed E-state index contributed by atoms with van der Waals surface area (Å²) in [6, 6.07) is 26.6. The Labute approximate surface area is 248 Å². The van der Waals surface area contributed by atoms with E-state index in [9.17, 15) is 5.11 Å². The molecule has 1 nitrogen and oxygen atoms in total. The first kappa shape index (κ1) is 35.1. The van der Waals surface area contributed by atoms with Crippen LogP contribution in [0.25, 0.3) is 0 Å². The van der Waals surface area contributed by atoms with E-state index in [1.807, 2.05) is 25.1 Å². The van der Waals surface area contributed by atoms with Crippen LogP contribution in [0, 0.1) is 18.9 Å². The maximum atomic E-state index is 9.36. The number of rotatable bonds is 2. The summed E-state index contributed by atoms with van der Waals surface area (Å²) < 4.78 is 1.33. The van der Waals surface area contributed by atoms with E-state index < -0.39 is 0 Å². The Kier molecular flexibility index (Phi) is 15.3. The van der Waals surface area contributed by atoms with Gasteiger partial charge in [0.25, 0.3) is 0 Å². The molecule has 0 saturated carbocycles. The fourth-order valence-corrected chi connectivity index (χ4v) is 4.25. The molecule has 0 fully saturated rings. The van der Waals surface area contributed by atoms with Gasteiger partial charge in [0.2, 0.25) is 0 Å². The zero-order valence-electron chi connectivity index (χ0n) is 23.3. The van der Waals surface area contributed by atoms with Crippen molar-refractivity contribution in [1.82, 2.24) is 0 Å². The summed E-state index contributed by atoms with van der Waals surface area (Å²) in [4.78, 5) is 0. The van der Waals surface area contributed by atoms with Gasteiger partial charge in [-0.1, -0.05) is 53.5 Å². The summed E-state index contributed by atoms with van der Waals surface area (Å²) in [5.41, 5.74) is 9.23. The van der Waals surface area contributed by atoms with Gasteiger partial charge in [-0.3, -0.25) is 6.08 Å². The van der Waals surface area contributed by atoms with E-state index in [0.29, 0.717) is 11.7 Å². The molecular formula is C33H39Cl2OTi-2. The third kappa shape index (κ3) is 11.2. The minimum atomic E-state index is 0. The van der Waals surface area contributed by atoms with Crippen molar-refractivity contribution in [2.45, 2.75) is 60.8 Å². The van der Waals surface area contributed by atoms with Gasteiger partial charge in [-0.05, 0) is 35.6 Å². The standard InChI is InChI=1S/C13H10.C11H16O.C9H13.2ClH.Ti/c1-3-7-12(8-4-1)11-13-9-5-2-6-10-13;1-8-5-9(11(2,3)4)7-10(12)6-8;1-6-5-7(2)9(4)8(6)3;;;/h1-10H;5-7,12H,1-4H3;6H,1-4H3;2*1H;/q;;-1;;;+1/p-2. The summed E-state index contributed by atoms with van der Waals surface area (Å²) in [5, 5.41) is 9.36. The normalized spacial score (nSPS) is 14.1. The van der Waals surface area contributed by atoms with Crippen LogP contribution in [0.5, 0.6) is 5.75 Å². The second kappa shape index (κ2) is 16.2. The number of allylic oxidation sites excluding steroid dienone is 4. The van der Waals surface area contributed by atoms with Gasteiger partial charge >= 0.3 is 95.6 Å². The summed E-state index contributed by atoms with van der Waals surface area (Å²) in [6.45, 7) is 17.1. The Hall–Kier alpha value is -1.90. The SMILES string of the molecule is CC1=[C-]C(C)C(C)=C1C.Cc1cc(O)cc(C(C)(C)C)c1.[Cl-].[Cl-].[Ti+]=[C](c1ccccc1)c1ccccc1. The Balaban J connectivity index is 0.000000523. The number of halogens is 2. The third-order valence-corrected chi connectivity index (χ3v) is 7.19. The second-order valence-electron chi connectivity index (χ2n) is 10.2. The Bertz CT molecular complexity index is 1130. The van der Waals surface area contributed by atoms with Crippen LogP contribution in [0.2, 0.25) is 0 Å². The number of phenolic OH excluding ortho intramolecular Hbond substituents is 1. The monoisotopic (exact) mass is 569 g/mol. The van der Waals surface area contributed by atoms with Crippen molar-refractivity contribution < 1.29 is 49.9 Å². The predicted molar refractivity (Wildman–Crippen MR) is 148 cm³/mol. The molecule has 4 rings (SSSR count). The van der Waals surface area contributed by atoms with Crippen LogP contribution in [0.1, 0.15) is 70.7 Å². The fourth-order valence-electron chi connectivity index (χ4n) is 3.73. The number of phenols is 1. The second-order valence-corrected chi connectivity index (χ2v) is 11.0. The van der Waals surface area contributed by atoms with Crippen molar-refractivity contribution in [3.63, 3.8) is 0 Å². The van der Waals surface area contributed by atoms with Crippen LogP contribution in [0.15, 0.2) is 95.6 Å². The molecule has 0 amide bonds. The van der Waals surface area contributed by atoms with Crippen molar-refractivity contribution in [1.29, 1.82) is 0 Å². The number of aromatic hydroxyl groups is 1. The molecule has 4 heteroatoms. The van der Waals surface area contributed by atoms with E-state index in [0.717, 1.165) is 5.56 Å². The Morgan fingerprint density at radius 1 is 0.784 bits per heavy atom. The van der Waals surface area contributed by atoms with E-state index in [-0.39, 0.29) is 30.2 Å². The quantitative estimate of drug-likeness (QED) is 0.371. The molecule has 1 aliphatic rings. The van der Waals surface area contributed by atoms with Crippen molar-refractivity contribution in [2.75, 3.05) is 0 Å². The zero-order valence-corrected chi connectivity index (χ0v) is 26.4. The number of hydrogen-bond acceptors (Lipinski definition) is 1. The van der Waals surface area contributed by atoms with Crippen LogP contribution < -0.4 is 24.8 Å². The topological polar surface area (TPSA) is 20.2 Å². The summed E-state index contributed by atoms with van der Waals surface area (Å²) >= 11 is 2.16. The van der Waals surface area contributed by atoms with Gasteiger partial charge in [-0.25, -0.2) is 5.57 Å². The minimum absolute atomic E-state index is 0. The van der Waals surface area contributed by atoms with E-state index in [4.69, 9.17) is 0 Å². The van der Waals surface area contributed by atoms with Gasteiger partial charge < -0.3 is 29.9 Å². The molecular weight excluding hydrogens is 531 g/mol. The fraction of sp³-hybridized carbons (Fsp3) is 0.303. The zero-order chi connectivity index (χ0) is 26.2. The van der Waals surface area contributed by atoms with Crippen LogP contribution >= 0.6 is 0 Å². The van der Waals surface area contributed by atoms with Gasteiger partial charge in [0.1, 0.15) is 5.75 Å². The van der Waals surface area contributed by atoms with Crippen LogP contribution in [0.3, 0.4) is 0 Å². The van der Waals surface area contributed by atoms with Crippen molar-refractivity contribution >= 4 is 3.81 Å². The van der Waals surface area contributed by atoms with E-state index >= 15 is 0 Å². The molecule has 0 radical (unpaired) electrons. The first-order valence-corrected chi connectivity index (χ1v) is 13.0. The van der Waals surface area contributed by atoms with Gasteiger partial charge in [-0.2, -0.15) is 11.1 Å². The van der Waals surface area contributed by atoms with Crippen molar-refractivity contribution in [2.24, 2.45) is 5.92 Å². The van der Waals surface area contributed by atoms with Crippen LogP contribution in [-0.2, 0) is 25.4 Å².